The SMILES string of the molecule is CCn1cc(-c2nc3c(nc2N2CCC(Oc4ccc(F)cc4F)CC2)CCN(C(=O)C2COCCO2)C3)cn1. The first-order valence-corrected chi connectivity index (χ1v) is 13.8. The summed E-state index contributed by atoms with van der Waals surface area (Å²) in [5, 5.41) is 4.44. The maximum atomic E-state index is 14.1. The van der Waals surface area contributed by atoms with E-state index in [0.29, 0.717) is 64.3 Å². The van der Waals surface area contributed by atoms with Gasteiger partial charge < -0.3 is 24.0 Å². The smallest absolute Gasteiger partial charge is 0.254 e. The Morgan fingerprint density at radius 1 is 1.12 bits per heavy atom. The average molecular weight is 555 g/mol. The summed E-state index contributed by atoms with van der Waals surface area (Å²) in [6, 6.07) is 3.36. The van der Waals surface area contributed by atoms with E-state index >= 15 is 0 Å². The number of nitrogens with zero attached hydrogens (tertiary/aromatic N) is 6. The molecule has 3 aliphatic heterocycles. The van der Waals surface area contributed by atoms with Crippen molar-refractivity contribution in [1.82, 2.24) is 24.6 Å². The van der Waals surface area contributed by atoms with Crippen LogP contribution in [0.4, 0.5) is 14.6 Å². The van der Waals surface area contributed by atoms with E-state index in [2.05, 4.69) is 10.00 Å². The Balaban J connectivity index is 1.22. The maximum absolute atomic E-state index is 14.1. The van der Waals surface area contributed by atoms with Crippen molar-refractivity contribution >= 4 is 11.7 Å². The van der Waals surface area contributed by atoms with Gasteiger partial charge in [0, 0.05) is 63.3 Å². The molecule has 0 aliphatic carbocycles. The molecule has 5 heterocycles. The first kappa shape index (κ1) is 26.6. The van der Waals surface area contributed by atoms with E-state index in [4.69, 9.17) is 24.2 Å². The Labute approximate surface area is 230 Å². The predicted molar refractivity (Wildman–Crippen MR) is 141 cm³/mol. The van der Waals surface area contributed by atoms with Crippen LogP contribution in [0.1, 0.15) is 31.2 Å². The van der Waals surface area contributed by atoms with Crippen molar-refractivity contribution in [2.24, 2.45) is 0 Å². The topological polar surface area (TPSA) is 94.8 Å². The van der Waals surface area contributed by atoms with Gasteiger partial charge in [-0.3, -0.25) is 9.48 Å². The molecule has 6 rings (SSSR count). The van der Waals surface area contributed by atoms with Crippen LogP contribution in [-0.4, -0.2) is 82.2 Å². The number of hydrogen-bond donors (Lipinski definition) is 0. The van der Waals surface area contributed by atoms with Crippen LogP contribution in [0, 0.1) is 11.6 Å². The number of aromatic nitrogens is 4. The first-order chi connectivity index (χ1) is 19.5. The van der Waals surface area contributed by atoms with Crippen LogP contribution in [0.3, 0.4) is 0 Å². The highest BCUT2D eigenvalue weighted by molar-refractivity contribution is 5.81. The molecule has 2 saturated heterocycles. The molecule has 2 aromatic heterocycles. The summed E-state index contributed by atoms with van der Waals surface area (Å²) in [4.78, 5) is 27.1. The number of fused-ring (bicyclic) bond motifs is 1. The zero-order chi connectivity index (χ0) is 27.6. The molecule has 1 unspecified atom stereocenters. The molecule has 1 amide bonds. The number of carbonyl (C=O) groups excluding carboxylic acids is 1. The molecule has 3 aliphatic rings. The van der Waals surface area contributed by atoms with Crippen LogP contribution in [0.25, 0.3) is 11.3 Å². The van der Waals surface area contributed by atoms with Gasteiger partial charge in [0.1, 0.15) is 17.6 Å². The van der Waals surface area contributed by atoms with Gasteiger partial charge in [-0.15, -0.1) is 0 Å². The normalized spacial score (nSPS) is 19.9. The minimum atomic E-state index is -0.701. The lowest BCUT2D eigenvalue weighted by molar-refractivity contribution is -0.158. The number of rotatable bonds is 6. The molecule has 2 fully saturated rings. The fraction of sp³-hybridized carbons (Fsp3) is 0.500. The second-order valence-electron chi connectivity index (χ2n) is 10.2. The van der Waals surface area contributed by atoms with Crippen LogP contribution >= 0.6 is 0 Å². The van der Waals surface area contributed by atoms with Crippen LogP contribution in [0.2, 0.25) is 0 Å². The van der Waals surface area contributed by atoms with E-state index in [1.165, 1.54) is 12.1 Å². The van der Waals surface area contributed by atoms with Crippen molar-refractivity contribution in [1.29, 1.82) is 0 Å². The van der Waals surface area contributed by atoms with E-state index in [1.54, 1.807) is 11.1 Å². The Bertz CT molecular complexity index is 1370. The molecule has 0 N–H and O–H groups in total. The lowest BCUT2D eigenvalue weighted by Gasteiger charge is -2.35. The number of hydrogen-bond acceptors (Lipinski definition) is 8. The number of anilines is 1. The largest absolute Gasteiger partial charge is 0.487 e. The summed E-state index contributed by atoms with van der Waals surface area (Å²) in [5.74, 6) is -0.590. The molecule has 10 nitrogen and oxygen atoms in total. The fourth-order valence-corrected chi connectivity index (χ4v) is 5.35. The van der Waals surface area contributed by atoms with Gasteiger partial charge in [-0.05, 0) is 19.1 Å². The van der Waals surface area contributed by atoms with Crippen molar-refractivity contribution in [3.63, 3.8) is 0 Å². The second-order valence-corrected chi connectivity index (χ2v) is 10.2. The number of benzene rings is 1. The predicted octanol–water partition coefficient (Wildman–Crippen LogP) is 2.99. The minimum Gasteiger partial charge on any atom is -0.487 e. The molecular formula is C28H32F2N6O4. The Morgan fingerprint density at radius 3 is 2.70 bits per heavy atom. The lowest BCUT2D eigenvalue weighted by atomic mass is 10.1. The number of ether oxygens (including phenoxy) is 3. The maximum Gasteiger partial charge on any atom is 0.254 e. The second kappa shape index (κ2) is 11.5. The molecule has 3 aromatic rings. The van der Waals surface area contributed by atoms with E-state index in [1.807, 2.05) is 17.8 Å². The third-order valence-electron chi connectivity index (χ3n) is 7.55. The summed E-state index contributed by atoms with van der Waals surface area (Å²) in [5.41, 5.74) is 3.21. The van der Waals surface area contributed by atoms with Gasteiger partial charge in [-0.2, -0.15) is 5.10 Å². The van der Waals surface area contributed by atoms with Gasteiger partial charge in [0.2, 0.25) is 0 Å². The third-order valence-corrected chi connectivity index (χ3v) is 7.55. The summed E-state index contributed by atoms with van der Waals surface area (Å²) >= 11 is 0. The number of aryl methyl sites for hydroxylation is 1. The zero-order valence-electron chi connectivity index (χ0n) is 22.4. The highest BCUT2D eigenvalue weighted by Gasteiger charge is 2.33. The molecule has 12 heteroatoms. The Kier molecular flexibility index (Phi) is 7.61. The Morgan fingerprint density at radius 2 is 1.98 bits per heavy atom. The molecule has 1 aromatic carbocycles. The highest BCUT2D eigenvalue weighted by Crippen LogP contribution is 2.33. The lowest BCUT2D eigenvalue weighted by Crippen LogP contribution is -2.47. The van der Waals surface area contributed by atoms with Crippen LogP contribution in [-0.2, 0) is 33.8 Å². The van der Waals surface area contributed by atoms with Gasteiger partial charge in [0.25, 0.3) is 5.91 Å². The summed E-state index contributed by atoms with van der Waals surface area (Å²) in [6.45, 7) is 6.09. The van der Waals surface area contributed by atoms with Gasteiger partial charge >= 0.3 is 0 Å². The molecule has 0 radical (unpaired) electrons. The number of amides is 1. The van der Waals surface area contributed by atoms with Crippen LogP contribution in [0.15, 0.2) is 30.6 Å². The molecule has 0 bridgehead atoms. The van der Waals surface area contributed by atoms with E-state index in [0.717, 1.165) is 35.4 Å². The molecule has 0 spiro atoms. The van der Waals surface area contributed by atoms with E-state index < -0.39 is 17.7 Å². The fourth-order valence-electron chi connectivity index (χ4n) is 5.35. The average Bonchev–Trinajstić information content (AvgIpc) is 3.47. The molecule has 212 valence electrons. The summed E-state index contributed by atoms with van der Waals surface area (Å²) in [6.07, 6.45) is 4.84. The number of carbonyl (C=O) groups is 1. The van der Waals surface area contributed by atoms with Gasteiger partial charge in [0.15, 0.2) is 23.5 Å². The molecular weight excluding hydrogens is 522 g/mol. The molecule has 0 saturated carbocycles. The summed E-state index contributed by atoms with van der Waals surface area (Å²) in [7, 11) is 0. The first-order valence-electron chi connectivity index (χ1n) is 13.8. The van der Waals surface area contributed by atoms with E-state index in [9.17, 15) is 13.6 Å². The van der Waals surface area contributed by atoms with E-state index in [-0.39, 0.29) is 24.4 Å². The van der Waals surface area contributed by atoms with Crippen molar-refractivity contribution in [2.75, 3.05) is 44.4 Å². The van der Waals surface area contributed by atoms with Crippen molar-refractivity contribution in [3.8, 4) is 17.0 Å². The van der Waals surface area contributed by atoms with Gasteiger partial charge in [-0.1, -0.05) is 0 Å². The Hall–Kier alpha value is -3.64. The van der Waals surface area contributed by atoms with Crippen molar-refractivity contribution in [3.05, 3.63) is 53.6 Å². The minimum absolute atomic E-state index is 0.0605. The van der Waals surface area contributed by atoms with Crippen LogP contribution < -0.4 is 9.64 Å². The zero-order valence-corrected chi connectivity index (χ0v) is 22.4. The van der Waals surface area contributed by atoms with Crippen molar-refractivity contribution in [2.45, 2.75) is 51.5 Å². The molecule has 40 heavy (non-hydrogen) atoms. The number of halogens is 2. The highest BCUT2D eigenvalue weighted by atomic mass is 19.1. The van der Waals surface area contributed by atoms with Crippen molar-refractivity contribution < 1.29 is 27.8 Å². The van der Waals surface area contributed by atoms with Gasteiger partial charge in [-0.25, -0.2) is 18.7 Å². The number of piperidine rings is 1. The summed E-state index contributed by atoms with van der Waals surface area (Å²) < 4.78 is 46.2. The van der Waals surface area contributed by atoms with Gasteiger partial charge in [0.05, 0.1) is 44.0 Å². The molecule has 1 atom stereocenters. The third kappa shape index (κ3) is 5.50. The monoisotopic (exact) mass is 554 g/mol. The quantitative estimate of drug-likeness (QED) is 0.459. The standard InChI is InChI=1S/C28H32F2N6O4/c1-2-36-15-18(14-31-36)26-27(34-8-5-20(6-9-34)40-24-4-3-19(29)13-21(24)30)33-22-7-10-35(16-23(22)32-26)28(37)25-17-38-11-12-39-25/h3-4,13-15,20,25H,2,5-12,16-17H2,1H3. The van der Waals surface area contributed by atoms with Crippen LogP contribution in [0.5, 0.6) is 5.75 Å².